The first-order valence-corrected chi connectivity index (χ1v) is 11.8. The Labute approximate surface area is 203 Å². The number of piperidine rings is 1. The maximum Gasteiger partial charge on any atom is 0.293 e. The van der Waals surface area contributed by atoms with Gasteiger partial charge in [-0.05, 0) is 49.7 Å². The van der Waals surface area contributed by atoms with E-state index in [-0.39, 0.29) is 16.4 Å². The summed E-state index contributed by atoms with van der Waals surface area (Å²) in [5, 5.41) is 18.0. The fourth-order valence-corrected chi connectivity index (χ4v) is 5.03. The molecule has 1 saturated heterocycles. The van der Waals surface area contributed by atoms with Gasteiger partial charge in [-0.2, -0.15) is 0 Å². The van der Waals surface area contributed by atoms with E-state index in [2.05, 4.69) is 15.6 Å². The molecule has 0 aliphatic carbocycles. The van der Waals surface area contributed by atoms with Crippen LogP contribution in [0.1, 0.15) is 29.6 Å². The molecule has 1 amide bonds. The molecule has 1 aromatic heterocycles. The molecule has 0 atom stereocenters. The molecule has 4 rings (SSSR count). The number of hydrogen-bond donors (Lipinski definition) is 2. The number of nitro groups is 1. The number of thiocarbonyl (C=S) groups is 1. The minimum Gasteiger partial charge on any atom is -0.495 e. The van der Waals surface area contributed by atoms with Crippen LogP contribution in [0.15, 0.2) is 30.3 Å². The summed E-state index contributed by atoms with van der Waals surface area (Å²) in [6.07, 6.45) is 3.10. The normalized spacial score (nSPS) is 13.6. The van der Waals surface area contributed by atoms with Crippen molar-refractivity contribution in [2.45, 2.75) is 19.3 Å². The van der Waals surface area contributed by atoms with Gasteiger partial charge in [0.15, 0.2) is 10.2 Å². The minimum atomic E-state index is -0.549. The highest BCUT2D eigenvalue weighted by Crippen LogP contribution is 2.34. The number of thiazole rings is 1. The Morgan fingerprint density at radius 3 is 2.73 bits per heavy atom. The molecule has 1 aliphatic heterocycles. The van der Waals surface area contributed by atoms with Crippen LogP contribution in [-0.4, -0.2) is 41.1 Å². The highest BCUT2D eigenvalue weighted by molar-refractivity contribution is 7.80. The maximum atomic E-state index is 12.7. The predicted octanol–water partition coefficient (Wildman–Crippen LogP) is 4.98. The Hall–Kier alpha value is -3.02. The second kappa shape index (κ2) is 9.86. The lowest BCUT2D eigenvalue weighted by Crippen LogP contribution is -2.34. The van der Waals surface area contributed by atoms with E-state index < -0.39 is 10.8 Å². The molecule has 2 aromatic carbocycles. The number of rotatable bonds is 5. The van der Waals surface area contributed by atoms with Crippen LogP contribution in [0.2, 0.25) is 5.02 Å². The summed E-state index contributed by atoms with van der Waals surface area (Å²) in [6.45, 7) is 1.53. The molecule has 33 heavy (non-hydrogen) atoms. The van der Waals surface area contributed by atoms with Gasteiger partial charge in [0.05, 0.1) is 27.3 Å². The second-order valence-electron chi connectivity index (χ2n) is 7.39. The standard InChI is InChI=1S/C21H20ClN5O4S2/c1-31-17-11-18-14(10-13(17)22)23-21(33-18)25-20(32)24-19(28)12-5-6-15(16(9-12)27(29)30)26-7-3-2-4-8-26/h5-6,9-11H,2-4,7-8H2,1H3,(H2,23,24,25,28,32). The van der Waals surface area contributed by atoms with Crippen molar-refractivity contribution in [3.05, 3.63) is 51.0 Å². The quantitative estimate of drug-likeness (QED) is 0.284. The zero-order chi connectivity index (χ0) is 23.5. The van der Waals surface area contributed by atoms with Crippen molar-refractivity contribution in [2.24, 2.45) is 0 Å². The van der Waals surface area contributed by atoms with Crippen LogP contribution in [0.3, 0.4) is 0 Å². The fourth-order valence-electron chi connectivity index (χ4n) is 3.66. The molecule has 12 heteroatoms. The second-order valence-corrected chi connectivity index (χ2v) is 9.24. The van der Waals surface area contributed by atoms with Crippen molar-refractivity contribution >= 4 is 72.9 Å². The number of nitrogens with zero attached hydrogens (tertiary/aromatic N) is 3. The van der Waals surface area contributed by atoms with Crippen LogP contribution in [0.25, 0.3) is 10.2 Å². The van der Waals surface area contributed by atoms with Crippen molar-refractivity contribution < 1.29 is 14.5 Å². The Morgan fingerprint density at radius 2 is 2.03 bits per heavy atom. The largest absolute Gasteiger partial charge is 0.495 e. The Morgan fingerprint density at radius 1 is 1.27 bits per heavy atom. The van der Waals surface area contributed by atoms with Crippen molar-refractivity contribution in [3.8, 4) is 5.75 Å². The van der Waals surface area contributed by atoms with Crippen LogP contribution in [-0.2, 0) is 0 Å². The molecule has 2 N–H and O–H groups in total. The fraction of sp³-hybridized carbons (Fsp3) is 0.286. The molecule has 172 valence electrons. The molecule has 0 bridgehead atoms. The zero-order valence-corrected chi connectivity index (χ0v) is 20.0. The molecule has 1 aliphatic rings. The van der Waals surface area contributed by atoms with Crippen LogP contribution >= 0.6 is 35.2 Å². The average Bonchev–Trinajstić information content (AvgIpc) is 3.19. The monoisotopic (exact) mass is 505 g/mol. The number of nitro benzene ring substituents is 1. The van der Waals surface area contributed by atoms with Gasteiger partial charge >= 0.3 is 0 Å². The van der Waals surface area contributed by atoms with Crippen molar-refractivity contribution in [1.82, 2.24) is 10.3 Å². The number of carbonyl (C=O) groups excluding carboxylic acids is 1. The first-order chi connectivity index (χ1) is 15.9. The number of anilines is 2. The lowest BCUT2D eigenvalue weighted by molar-refractivity contribution is -0.384. The molecule has 0 radical (unpaired) electrons. The van der Waals surface area contributed by atoms with Crippen molar-refractivity contribution in [2.75, 3.05) is 30.4 Å². The summed E-state index contributed by atoms with van der Waals surface area (Å²) in [5.41, 5.74) is 1.24. The first kappa shape index (κ1) is 23.1. The summed E-state index contributed by atoms with van der Waals surface area (Å²) >= 11 is 12.7. The predicted molar refractivity (Wildman–Crippen MR) is 134 cm³/mol. The number of nitrogens with one attached hydrogen (secondary N) is 2. The number of carbonyl (C=O) groups is 1. The van der Waals surface area contributed by atoms with Gasteiger partial charge in [0.1, 0.15) is 11.4 Å². The Kier molecular flexibility index (Phi) is 6.91. The number of benzene rings is 2. The number of aromatic nitrogens is 1. The Bertz CT molecular complexity index is 1240. The van der Waals surface area contributed by atoms with Crippen molar-refractivity contribution in [1.29, 1.82) is 0 Å². The van der Waals surface area contributed by atoms with Gasteiger partial charge in [-0.25, -0.2) is 4.98 Å². The van der Waals surface area contributed by atoms with Crippen LogP contribution in [0.5, 0.6) is 5.75 Å². The van der Waals surface area contributed by atoms with E-state index in [1.165, 1.54) is 24.5 Å². The number of fused-ring (bicyclic) bond motifs is 1. The summed E-state index contributed by atoms with van der Waals surface area (Å²) in [6, 6.07) is 7.93. The SMILES string of the molecule is COc1cc2sc(NC(=S)NC(=O)c3ccc(N4CCCCC4)c([N+](=O)[O-])c3)nc2cc1Cl. The molecule has 9 nitrogen and oxygen atoms in total. The van der Waals surface area contributed by atoms with E-state index in [0.717, 1.165) is 37.1 Å². The van der Waals surface area contributed by atoms with Gasteiger partial charge < -0.3 is 15.0 Å². The molecular weight excluding hydrogens is 486 g/mol. The van der Waals surface area contributed by atoms with Gasteiger partial charge in [0.2, 0.25) is 0 Å². The van der Waals surface area contributed by atoms with Gasteiger partial charge in [0, 0.05) is 30.8 Å². The van der Waals surface area contributed by atoms with Crippen molar-refractivity contribution in [3.63, 3.8) is 0 Å². The number of halogens is 1. The topological polar surface area (TPSA) is 110 Å². The third-order valence-corrected chi connectivity index (χ3v) is 6.67. The summed E-state index contributed by atoms with van der Waals surface area (Å²) in [4.78, 5) is 30.3. The smallest absolute Gasteiger partial charge is 0.293 e. The highest BCUT2D eigenvalue weighted by Gasteiger charge is 2.23. The van der Waals surface area contributed by atoms with E-state index in [0.29, 0.717) is 27.1 Å². The van der Waals surface area contributed by atoms with Crippen LogP contribution in [0.4, 0.5) is 16.5 Å². The number of methoxy groups -OCH3 is 1. The van der Waals surface area contributed by atoms with Crippen LogP contribution < -0.4 is 20.3 Å². The molecule has 1 fully saturated rings. The first-order valence-electron chi connectivity index (χ1n) is 10.2. The van der Waals surface area contributed by atoms with Gasteiger partial charge in [0.25, 0.3) is 11.6 Å². The van der Waals surface area contributed by atoms with Gasteiger partial charge in [-0.15, -0.1) is 0 Å². The average molecular weight is 506 g/mol. The maximum absolute atomic E-state index is 12.7. The molecule has 0 spiro atoms. The molecule has 2 heterocycles. The molecule has 0 saturated carbocycles. The van der Waals surface area contributed by atoms with E-state index in [1.54, 1.807) is 24.3 Å². The third-order valence-electron chi connectivity index (χ3n) is 5.24. The lowest BCUT2D eigenvalue weighted by atomic mass is 10.1. The Balaban J connectivity index is 1.47. The molecule has 0 unspecified atom stereocenters. The number of amides is 1. The number of hydrogen-bond acceptors (Lipinski definition) is 8. The van der Waals surface area contributed by atoms with E-state index >= 15 is 0 Å². The molecule has 3 aromatic rings. The summed E-state index contributed by atoms with van der Waals surface area (Å²) in [5.74, 6) is -0.0172. The van der Waals surface area contributed by atoms with E-state index in [9.17, 15) is 14.9 Å². The zero-order valence-electron chi connectivity index (χ0n) is 17.6. The minimum absolute atomic E-state index is 0.0277. The summed E-state index contributed by atoms with van der Waals surface area (Å²) < 4.78 is 6.04. The highest BCUT2D eigenvalue weighted by atomic mass is 35.5. The lowest BCUT2D eigenvalue weighted by Gasteiger charge is -2.28. The summed E-state index contributed by atoms with van der Waals surface area (Å²) in [7, 11) is 1.53. The van der Waals surface area contributed by atoms with Gasteiger partial charge in [-0.3, -0.25) is 20.2 Å². The third kappa shape index (κ3) is 5.15. The van der Waals surface area contributed by atoms with E-state index in [1.807, 2.05) is 4.90 Å². The van der Waals surface area contributed by atoms with Crippen LogP contribution in [0, 0.1) is 10.1 Å². The molecular formula is C21H20ClN5O4S2. The van der Waals surface area contributed by atoms with E-state index in [4.69, 9.17) is 28.6 Å². The number of ether oxygens (including phenoxy) is 1. The van der Waals surface area contributed by atoms with Gasteiger partial charge in [-0.1, -0.05) is 22.9 Å².